The average molecular weight is 203 g/mol. The topological polar surface area (TPSA) is 39.9 Å². The van der Waals surface area contributed by atoms with E-state index in [1.165, 1.54) is 18.3 Å². The minimum atomic E-state index is -4.41. The van der Waals surface area contributed by atoms with Crippen LogP contribution in [0.1, 0.15) is 5.56 Å². The lowest BCUT2D eigenvalue weighted by Crippen LogP contribution is -2.30. The Hall–Kier alpha value is -1.72. The molecule has 0 aromatic carbocycles. The zero-order chi connectivity index (χ0) is 10.3. The van der Waals surface area contributed by atoms with E-state index in [1.54, 1.807) is 0 Å². The first-order valence-electron chi connectivity index (χ1n) is 3.78. The van der Waals surface area contributed by atoms with Crippen LogP contribution in [0.4, 0.5) is 13.2 Å². The highest BCUT2D eigenvalue weighted by molar-refractivity contribution is 5.77. The van der Waals surface area contributed by atoms with Gasteiger partial charge in [0.25, 0.3) is 0 Å². The molecule has 74 valence electrons. The van der Waals surface area contributed by atoms with Gasteiger partial charge in [0.1, 0.15) is 18.0 Å². The van der Waals surface area contributed by atoms with Crippen LogP contribution in [0, 0.1) is 0 Å². The van der Waals surface area contributed by atoms with E-state index in [-0.39, 0.29) is 11.0 Å². The van der Waals surface area contributed by atoms with Crippen molar-refractivity contribution in [2.75, 3.05) is 0 Å². The van der Waals surface area contributed by atoms with Gasteiger partial charge in [0.15, 0.2) is 0 Å². The van der Waals surface area contributed by atoms with Gasteiger partial charge in [-0.15, -0.1) is 0 Å². The minimum Gasteiger partial charge on any atom is -0.350 e. The van der Waals surface area contributed by atoms with Crippen molar-refractivity contribution < 1.29 is 23.1 Å². The van der Waals surface area contributed by atoms with Crippen molar-refractivity contribution in [2.24, 2.45) is 0 Å². The lowest BCUT2D eigenvalue weighted by Gasteiger charge is -2.01. The van der Waals surface area contributed by atoms with Gasteiger partial charge in [-0.05, 0) is 12.1 Å². The molecule has 0 fully saturated rings. The molecule has 2 N–H and O–H groups in total. The van der Waals surface area contributed by atoms with Crippen molar-refractivity contribution in [1.82, 2.24) is 4.98 Å². The van der Waals surface area contributed by atoms with Gasteiger partial charge in [0.05, 0.1) is 5.39 Å². The number of fused-ring (bicyclic) bond motifs is 1. The van der Waals surface area contributed by atoms with Crippen molar-refractivity contribution in [2.45, 2.75) is 6.18 Å². The molecule has 2 aromatic heterocycles. The third-order valence-electron chi connectivity index (χ3n) is 1.92. The first-order chi connectivity index (χ1) is 6.50. The first kappa shape index (κ1) is 8.86. The molecule has 0 saturated heterocycles. The van der Waals surface area contributed by atoms with Gasteiger partial charge >= 0.3 is 11.8 Å². The number of H-pyrrole nitrogens is 1. The summed E-state index contributed by atoms with van der Waals surface area (Å²) < 4.78 is 37.7. The summed E-state index contributed by atoms with van der Waals surface area (Å²) in [7, 11) is 0. The number of rotatable bonds is 0. The molecule has 14 heavy (non-hydrogen) atoms. The van der Waals surface area contributed by atoms with Crippen LogP contribution in [0.5, 0.6) is 0 Å². The van der Waals surface area contributed by atoms with Crippen LogP contribution < -0.4 is 4.73 Å². The number of hydrogen-bond acceptors (Lipinski definition) is 1. The normalized spacial score (nSPS) is 12.2. The molecule has 0 amide bonds. The number of halogens is 3. The average Bonchev–Trinajstić information content (AvgIpc) is 2.47. The number of aromatic amines is 1. The SMILES string of the molecule is O[n+]1cccc2c(C(F)(F)F)c[nH]c21. The summed E-state index contributed by atoms with van der Waals surface area (Å²) >= 11 is 0. The molecule has 2 rings (SSSR count). The third kappa shape index (κ3) is 1.19. The zero-order valence-corrected chi connectivity index (χ0v) is 6.84. The highest BCUT2D eigenvalue weighted by atomic mass is 19.4. The van der Waals surface area contributed by atoms with Gasteiger partial charge in [0.2, 0.25) is 0 Å². The summed E-state index contributed by atoms with van der Waals surface area (Å²) in [4.78, 5) is 2.36. The highest BCUT2D eigenvalue weighted by Crippen LogP contribution is 2.33. The Morgan fingerprint density at radius 3 is 2.71 bits per heavy atom. The van der Waals surface area contributed by atoms with Crippen LogP contribution >= 0.6 is 0 Å². The van der Waals surface area contributed by atoms with E-state index < -0.39 is 11.7 Å². The van der Waals surface area contributed by atoms with E-state index in [2.05, 4.69) is 4.98 Å². The van der Waals surface area contributed by atoms with Crippen molar-refractivity contribution in [3.63, 3.8) is 0 Å². The predicted molar refractivity (Wildman–Crippen MR) is 40.7 cm³/mol. The maximum atomic E-state index is 12.4. The molecule has 3 nitrogen and oxygen atoms in total. The number of hydrogen-bond donors (Lipinski definition) is 2. The molecular weight excluding hydrogens is 197 g/mol. The van der Waals surface area contributed by atoms with E-state index in [0.29, 0.717) is 4.73 Å². The Balaban J connectivity index is 2.76. The summed E-state index contributed by atoms with van der Waals surface area (Å²) in [6, 6.07) is 2.63. The van der Waals surface area contributed by atoms with Crippen LogP contribution in [0.25, 0.3) is 11.0 Å². The number of nitrogens with one attached hydrogen (secondary N) is 1. The number of alkyl halides is 3. The van der Waals surface area contributed by atoms with E-state index in [1.807, 2.05) is 0 Å². The molecule has 0 bridgehead atoms. The molecule has 0 spiro atoms. The maximum absolute atomic E-state index is 12.4. The molecule has 0 atom stereocenters. The Bertz CT molecular complexity index is 475. The fourth-order valence-corrected chi connectivity index (χ4v) is 1.31. The molecule has 2 heterocycles. The fourth-order valence-electron chi connectivity index (χ4n) is 1.31. The molecule has 0 radical (unpaired) electrons. The van der Waals surface area contributed by atoms with E-state index in [0.717, 1.165) is 6.20 Å². The van der Waals surface area contributed by atoms with Gasteiger partial charge < -0.3 is 5.21 Å². The minimum absolute atomic E-state index is 0.0276. The molecule has 6 heteroatoms. The van der Waals surface area contributed by atoms with Crippen LogP contribution in [0.3, 0.4) is 0 Å². The number of pyridine rings is 1. The first-order valence-corrected chi connectivity index (χ1v) is 3.78. The van der Waals surface area contributed by atoms with Gasteiger partial charge in [-0.25, -0.2) is 4.98 Å². The lowest BCUT2D eigenvalue weighted by molar-refractivity contribution is -0.885. The van der Waals surface area contributed by atoms with E-state index >= 15 is 0 Å². The summed E-state index contributed by atoms with van der Waals surface area (Å²) in [5.41, 5.74) is -0.754. The molecule has 0 saturated carbocycles. The van der Waals surface area contributed by atoms with Gasteiger partial charge in [0, 0.05) is 0 Å². The molecule has 0 unspecified atom stereocenters. The van der Waals surface area contributed by atoms with Crippen LogP contribution in [-0.4, -0.2) is 10.2 Å². The van der Waals surface area contributed by atoms with Crippen molar-refractivity contribution >= 4 is 11.0 Å². The van der Waals surface area contributed by atoms with Gasteiger partial charge in [-0.1, -0.05) is 4.73 Å². The van der Waals surface area contributed by atoms with Gasteiger partial charge in [-0.2, -0.15) is 13.2 Å². The van der Waals surface area contributed by atoms with Crippen LogP contribution in [-0.2, 0) is 6.18 Å². The van der Waals surface area contributed by atoms with Crippen LogP contribution in [0.2, 0.25) is 0 Å². The fraction of sp³-hybridized carbons (Fsp3) is 0.125. The van der Waals surface area contributed by atoms with E-state index in [9.17, 15) is 13.2 Å². The summed E-state index contributed by atoms with van der Waals surface area (Å²) in [5.74, 6) is 0. The van der Waals surface area contributed by atoms with Crippen molar-refractivity contribution in [1.29, 1.82) is 0 Å². The summed E-state index contributed by atoms with van der Waals surface area (Å²) in [6.07, 6.45) is -2.33. The Morgan fingerprint density at radius 1 is 1.36 bits per heavy atom. The summed E-state index contributed by atoms with van der Waals surface area (Å²) in [5, 5.41) is 9.12. The molecule has 2 aromatic rings. The second-order valence-corrected chi connectivity index (χ2v) is 2.82. The van der Waals surface area contributed by atoms with E-state index in [4.69, 9.17) is 5.21 Å². The molecule has 0 aliphatic carbocycles. The highest BCUT2D eigenvalue weighted by Gasteiger charge is 2.36. The molecule has 0 aliphatic heterocycles. The predicted octanol–water partition coefficient (Wildman–Crippen LogP) is 1.71. The Labute approximate surface area is 76.4 Å². The Kier molecular flexibility index (Phi) is 1.67. The zero-order valence-electron chi connectivity index (χ0n) is 6.84. The smallest absolute Gasteiger partial charge is 0.350 e. The van der Waals surface area contributed by atoms with Gasteiger partial charge in [-0.3, -0.25) is 0 Å². The standard InChI is InChI=1S/C8H5F3N2O/c9-8(10,11)6-4-12-7-5(6)2-1-3-13(7)14/h1-4,14H/p+1. The number of nitrogens with zero attached hydrogens (tertiary/aromatic N) is 1. The maximum Gasteiger partial charge on any atom is 0.420 e. The van der Waals surface area contributed by atoms with Crippen molar-refractivity contribution in [3.8, 4) is 0 Å². The quantitative estimate of drug-likeness (QED) is 0.496. The molecular formula is C8H6F3N2O+. The third-order valence-corrected chi connectivity index (χ3v) is 1.92. The summed E-state index contributed by atoms with van der Waals surface area (Å²) in [6.45, 7) is 0. The molecule has 0 aliphatic rings. The lowest BCUT2D eigenvalue weighted by atomic mass is 10.2. The second-order valence-electron chi connectivity index (χ2n) is 2.82. The number of aromatic nitrogens is 2. The Morgan fingerprint density at radius 2 is 2.07 bits per heavy atom. The van der Waals surface area contributed by atoms with Crippen LogP contribution in [0.15, 0.2) is 24.5 Å². The monoisotopic (exact) mass is 203 g/mol. The largest absolute Gasteiger partial charge is 0.420 e. The van der Waals surface area contributed by atoms with Crippen molar-refractivity contribution in [3.05, 3.63) is 30.1 Å². The second kappa shape index (κ2) is 2.63.